The zero-order valence-corrected chi connectivity index (χ0v) is 12.3. The van der Waals surface area contributed by atoms with Gasteiger partial charge in [0.1, 0.15) is 0 Å². The van der Waals surface area contributed by atoms with E-state index in [2.05, 4.69) is 41.4 Å². The molecule has 21 heavy (non-hydrogen) atoms. The number of aromatic hydroxyl groups is 1. The Kier molecular flexibility index (Phi) is 4.38. The summed E-state index contributed by atoms with van der Waals surface area (Å²) in [4.78, 5) is 11.6. The summed E-state index contributed by atoms with van der Waals surface area (Å²) in [7, 11) is 1.42. The molecule has 0 spiro atoms. The van der Waals surface area contributed by atoms with E-state index in [9.17, 15) is 9.90 Å². The Morgan fingerprint density at radius 3 is 2.95 bits per heavy atom. The van der Waals surface area contributed by atoms with Crippen LogP contribution in [0.2, 0.25) is 0 Å². The van der Waals surface area contributed by atoms with Gasteiger partial charge in [0.2, 0.25) is 11.5 Å². The predicted octanol–water partition coefficient (Wildman–Crippen LogP) is 0.892. The molecule has 0 saturated carbocycles. The quantitative estimate of drug-likeness (QED) is 0.547. The average Bonchev–Trinajstić information content (AvgIpc) is 2.88. The van der Waals surface area contributed by atoms with Crippen molar-refractivity contribution >= 4 is 33.9 Å². The third kappa shape index (κ3) is 3.28. The highest BCUT2D eigenvalue weighted by atomic mass is 79.9. The molecule has 0 unspecified atom stereocenters. The minimum Gasteiger partial charge on any atom is -0.503 e. The summed E-state index contributed by atoms with van der Waals surface area (Å²) < 4.78 is 9.72. The van der Waals surface area contributed by atoms with Crippen molar-refractivity contribution in [1.82, 2.24) is 15.7 Å². The number of nitrogen functional groups attached to an aromatic ring is 1. The van der Waals surface area contributed by atoms with Gasteiger partial charge in [-0.2, -0.15) is 5.10 Å². The number of nitrogens with zero attached hydrogens (tertiary/aromatic N) is 3. The molecule has 110 valence electrons. The first kappa shape index (κ1) is 14.8. The molecule has 1 amide bonds. The van der Waals surface area contributed by atoms with Crippen LogP contribution in [-0.4, -0.2) is 34.7 Å². The maximum atomic E-state index is 11.6. The van der Waals surface area contributed by atoms with E-state index in [4.69, 9.17) is 10.5 Å². The molecule has 0 radical (unpaired) electrons. The number of hydrogen-bond acceptors (Lipinski definition) is 8. The number of amides is 1. The molecule has 10 heteroatoms. The summed E-state index contributed by atoms with van der Waals surface area (Å²) in [5.74, 6) is -0.547. The highest BCUT2D eigenvalue weighted by molar-refractivity contribution is 9.10. The van der Waals surface area contributed by atoms with Crippen LogP contribution >= 0.6 is 15.9 Å². The number of hydrogen-bond donors (Lipinski definition) is 3. The summed E-state index contributed by atoms with van der Waals surface area (Å²) in [5.41, 5.74) is 8.01. The fourth-order valence-corrected chi connectivity index (χ4v) is 1.86. The standard InChI is InChI=1S/C11H10BrN5O4/c1-20-7-3-5(2-6(12)9(7)18)4-14-15-11(19)8-10(13)17-21-16-8/h2-4,18H,1H3,(H2,13,17)(H,15,19). The SMILES string of the molecule is COc1cc(C=NNC(=O)c2nonc2N)cc(Br)c1O. The van der Waals surface area contributed by atoms with Gasteiger partial charge in [0.05, 0.1) is 17.8 Å². The van der Waals surface area contributed by atoms with Crippen LogP contribution in [0.15, 0.2) is 26.3 Å². The zero-order valence-electron chi connectivity index (χ0n) is 10.7. The molecule has 0 fully saturated rings. The Bertz CT molecular complexity index is 700. The van der Waals surface area contributed by atoms with Crippen molar-refractivity contribution in [2.75, 3.05) is 12.8 Å². The first-order valence-electron chi connectivity index (χ1n) is 5.51. The van der Waals surface area contributed by atoms with E-state index in [1.165, 1.54) is 13.3 Å². The number of phenols is 1. The van der Waals surface area contributed by atoms with Gasteiger partial charge in [0, 0.05) is 0 Å². The number of carbonyl (C=O) groups is 1. The van der Waals surface area contributed by atoms with E-state index in [-0.39, 0.29) is 23.0 Å². The second kappa shape index (κ2) is 6.22. The zero-order chi connectivity index (χ0) is 15.4. The maximum Gasteiger partial charge on any atom is 0.297 e. The Morgan fingerprint density at radius 1 is 1.57 bits per heavy atom. The molecule has 0 saturated heterocycles. The van der Waals surface area contributed by atoms with E-state index in [0.29, 0.717) is 10.0 Å². The number of methoxy groups -OCH3 is 1. The van der Waals surface area contributed by atoms with Gasteiger partial charge in [-0.15, -0.1) is 0 Å². The highest BCUT2D eigenvalue weighted by Crippen LogP contribution is 2.34. The first-order chi connectivity index (χ1) is 10.0. The lowest BCUT2D eigenvalue weighted by molar-refractivity contribution is 0.0946. The molecule has 9 nitrogen and oxygen atoms in total. The summed E-state index contributed by atoms with van der Waals surface area (Å²) >= 11 is 3.17. The molecule has 1 heterocycles. The minimum absolute atomic E-state index is 0.0277. The van der Waals surface area contributed by atoms with Gasteiger partial charge < -0.3 is 15.6 Å². The second-order valence-corrected chi connectivity index (χ2v) is 4.61. The maximum absolute atomic E-state index is 11.6. The number of halogens is 1. The largest absolute Gasteiger partial charge is 0.503 e. The van der Waals surface area contributed by atoms with E-state index in [1.807, 2.05) is 0 Å². The van der Waals surface area contributed by atoms with E-state index < -0.39 is 5.91 Å². The van der Waals surface area contributed by atoms with Crippen LogP contribution in [0.25, 0.3) is 0 Å². The first-order valence-corrected chi connectivity index (χ1v) is 6.30. The van der Waals surface area contributed by atoms with Gasteiger partial charge in [-0.3, -0.25) is 4.79 Å². The summed E-state index contributed by atoms with van der Waals surface area (Å²) in [5, 5.41) is 20.0. The Labute approximate surface area is 126 Å². The number of phenolic OH excluding ortho intramolecular Hbond substituents is 1. The number of anilines is 1. The average molecular weight is 356 g/mol. The van der Waals surface area contributed by atoms with Crippen LogP contribution in [0.3, 0.4) is 0 Å². The predicted molar refractivity (Wildman–Crippen MR) is 76.1 cm³/mol. The van der Waals surface area contributed by atoms with Crippen molar-refractivity contribution in [2.24, 2.45) is 5.10 Å². The van der Waals surface area contributed by atoms with Crippen LogP contribution in [0.5, 0.6) is 11.5 Å². The Hall–Kier alpha value is -2.62. The summed E-state index contributed by atoms with van der Waals surface area (Å²) in [6.45, 7) is 0. The molecular weight excluding hydrogens is 346 g/mol. The van der Waals surface area contributed by atoms with Crippen molar-refractivity contribution in [3.8, 4) is 11.5 Å². The van der Waals surface area contributed by atoms with Crippen molar-refractivity contribution in [1.29, 1.82) is 0 Å². The molecule has 2 rings (SSSR count). The van der Waals surface area contributed by atoms with Crippen molar-refractivity contribution in [3.05, 3.63) is 27.9 Å². The van der Waals surface area contributed by atoms with Gasteiger partial charge in [-0.05, 0) is 43.9 Å². The lowest BCUT2D eigenvalue weighted by Gasteiger charge is -2.06. The molecule has 2 aromatic rings. The number of carbonyl (C=O) groups excluding carboxylic acids is 1. The molecule has 1 aromatic carbocycles. The van der Waals surface area contributed by atoms with E-state index in [1.54, 1.807) is 12.1 Å². The van der Waals surface area contributed by atoms with Crippen LogP contribution in [0.1, 0.15) is 16.1 Å². The molecule has 0 aliphatic carbocycles. The van der Waals surface area contributed by atoms with E-state index in [0.717, 1.165) is 0 Å². The number of hydrazone groups is 1. The number of rotatable bonds is 4. The lowest BCUT2D eigenvalue weighted by atomic mass is 10.2. The van der Waals surface area contributed by atoms with Gasteiger partial charge in [-0.1, -0.05) is 0 Å². The lowest BCUT2D eigenvalue weighted by Crippen LogP contribution is -2.19. The normalized spacial score (nSPS) is 10.8. The van der Waals surface area contributed by atoms with E-state index >= 15 is 0 Å². The van der Waals surface area contributed by atoms with Gasteiger partial charge in [0.15, 0.2) is 11.5 Å². The molecule has 0 aliphatic rings. The molecule has 0 atom stereocenters. The molecular formula is C11H10BrN5O4. The monoisotopic (exact) mass is 355 g/mol. The fourth-order valence-electron chi connectivity index (χ4n) is 1.40. The van der Waals surface area contributed by atoms with Crippen LogP contribution < -0.4 is 15.9 Å². The summed E-state index contributed by atoms with van der Waals surface area (Å²) in [6, 6.07) is 3.14. The molecule has 1 aromatic heterocycles. The van der Waals surface area contributed by atoms with Gasteiger partial charge in [0.25, 0.3) is 5.91 Å². The van der Waals surface area contributed by atoms with Crippen LogP contribution in [0, 0.1) is 0 Å². The number of nitrogens with two attached hydrogens (primary N) is 1. The third-order valence-electron chi connectivity index (χ3n) is 2.38. The highest BCUT2D eigenvalue weighted by Gasteiger charge is 2.15. The van der Waals surface area contributed by atoms with Crippen LogP contribution in [0.4, 0.5) is 5.82 Å². The molecule has 0 bridgehead atoms. The van der Waals surface area contributed by atoms with Crippen molar-refractivity contribution in [2.45, 2.75) is 0 Å². The number of nitrogens with one attached hydrogen (secondary N) is 1. The smallest absolute Gasteiger partial charge is 0.297 e. The van der Waals surface area contributed by atoms with Crippen molar-refractivity contribution < 1.29 is 19.3 Å². The Morgan fingerprint density at radius 2 is 2.33 bits per heavy atom. The number of benzene rings is 1. The molecule has 0 aliphatic heterocycles. The minimum atomic E-state index is -0.658. The number of ether oxygens (including phenoxy) is 1. The van der Waals surface area contributed by atoms with Gasteiger partial charge in [-0.25, -0.2) is 10.1 Å². The topological polar surface area (TPSA) is 136 Å². The van der Waals surface area contributed by atoms with Crippen LogP contribution in [-0.2, 0) is 0 Å². The molecule has 4 N–H and O–H groups in total. The summed E-state index contributed by atoms with van der Waals surface area (Å²) in [6.07, 6.45) is 1.36. The number of aromatic nitrogens is 2. The Balaban J connectivity index is 2.10. The third-order valence-corrected chi connectivity index (χ3v) is 2.98. The fraction of sp³-hybridized carbons (Fsp3) is 0.0909. The van der Waals surface area contributed by atoms with Gasteiger partial charge >= 0.3 is 0 Å². The second-order valence-electron chi connectivity index (χ2n) is 3.75. The van der Waals surface area contributed by atoms with Crippen molar-refractivity contribution in [3.63, 3.8) is 0 Å².